The predicted octanol–water partition coefficient (Wildman–Crippen LogP) is 5.21. The van der Waals surface area contributed by atoms with Crippen LogP contribution in [0.3, 0.4) is 0 Å². The van der Waals surface area contributed by atoms with Crippen LogP contribution in [0.25, 0.3) is 0 Å². The molecule has 0 atom stereocenters. The van der Waals surface area contributed by atoms with Gasteiger partial charge in [0.05, 0.1) is 5.69 Å². The van der Waals surface area contributed by atoms with E-state index >= 15 is 0 Å². The smallest absolute Gasteiger partial charge is 0.325 e. The summed E-state index contributed by atoms with van der Waals surface area (Å²) in [5.41, 5.74) is 2.39. The summed E-state index contributed by atoms with van der Waals surface area (Å²) in [6.07, 6.45) is 0.647. The topological polar surface area (TPSA) is 100 Å². The van der Waals surface area contributed by atoms with E-state index in [1.54, 1.807) is 53.9 Å². The lowest BCUT2D eigenvalue weighted by Gasteiger charge is -2.06. The number of amides is 3. The molecule has 0 saturated carbocycles. The van der Waals surface area contributed by atoms with E-state index in [0.717, 1.165) is 0 Å². The largest absolute Gasteiger partial charge is 0.326 e. The Morgan fingerprint density at radius 1 is 1.00 bits per heavy atom. The first-order valence-corrected chi connectivity index (χ1v) is 10.3. The van der Waals surface area contributed by atoms with E-state index < -0.39 is 6.03 Å². The Hall–Kier alpha value is -3.23. The number of halogens is 1. The monoisotopic (exact) mass is 442 g/mol. The predicted molar refractivity (Wildman–Crippen MR) is 120 cm³/mol. The molecule has 0 aliphatic carbocycles. The number of anilines is 3. The Bertz CT molecular complexity index is 1080. The number of nitrogens with zero attached hydrogens (tertiary/aromatic N) is 1. The van der Waals surface area contributed by atoms with E-state index in [4.69, 9.17) is 11.6 Å². The van der Waals surface area contributed by atoms with Gasteiger partial charge >= 0.3 is 6.03 Å². The van der Waals surface area contributed by atoms with Crippen LogP contribution in [0.1, 0.15) is 29.4 Å². The molecule has 9 heteroatoms. The molecule has 2 aromatic carbocycles. The normalized spacial score (nSPS) is 10.3. The molecule has 0 radical (unpaired) electrons. The van der Waals surface area contributed by atoms with E-state index in [-0.39, 0.29) is 18.1 Å². The van der Waals surface area contributed by atoms with Crippen LogP contribution in [0.15, 0.2) is 53.9 Å². The Balaban J connectivity index is 1.48. The van der Waals surface area contributed by atoms with Crippen LogP contribution >= 0.6 is 22.9 Å². The molecular formula is C21H19ClN4O3S. The van der Waals surface area contributed by atoms with Crippen molar-refractivity contribution in [1.82, 2.24) is 4.98 Å². The molecule has 3 rings (SSSR count). The Kier molecular flexibility index (Phi) is 7.16. The molecule has 154 valence electrons. The third-order valence-electron chi connectivity index (χ3n) is 4.02. The second-order valence-corrected chi connectivity index (χ2v) is 7.71. The molecule has 0 aliphatic heterocycles. The highest BCUT2D eigenvalue weighted by Crippen LogP contribution is 2.19. The van der Waals surface area contributed by atoms with Crippen molar-refractivity contribution in [2.45, 2.75) is 19.8 Å². The molecule has 0 bridgehead atoms. The van der Waals surface area contributed by atoms with Gasteiger partial charge < -0.3 is 10.6 Å². The summed E-state index contributed by atoms with van der Waals surface area (Å²) < 4.78 is 0. The standard InChI is InChI=1S/C21H19ClN4O3S/c1-13(27)14-4-2-6-16(10-14)23-19(28)9-8-18-12-30-21(25-18)26-20(29)24-17-7-3-5-15(22)11-17/h2-7,10-12H,8-9H2,1H3,(H,23,28)(H2,24,25,26,29). The number of aromatic nitrogens is 1. The average Bonchev–Trinajstić information content (AvgIpc) is 3.13. The number of thiazole rings is 1. The lowest BCUT2D eigenvalue weighted by molar-refractivity contribution is -0.116. The Morgan fingerprint density at radius 2 is 1.73 bits per heavy atom. The average molecular weight is 443 g/mol. The fraction of sp³-hybridized carbons (Fsp3) is 0.143. The van der Waals surface area contributed by atoms with Gasteiger partial charge in [-0.05, 0) is 43.7 Å². The second kappa shape index (κ2) is 10.00. The highest BCUT2D eigenvalue weighted by Gasteiger charge is 2.10. The minimum atomic E-state index is -0.429. The number of nitrogens with one attached hydrogen (secondary N) is 3. The molecule has 3 amide bonds. The number of ketones is 1. The number of aryl methyl sites for hydroxylation is 1. The fourth-order valence-electron chi connectivity index (χ4n) is 2.59. The van der Waals surface area contributed by atoms with E-state index in [0.29, 0.717) is 39.2 Å². The molecule has 3 N–H and O–H groups in total. The van der Waals surface area contributed by atoms with Gasteiger partial charge in [0.1, 0.15) is 0 Å². The summed E-state index contributed by atoms with van der Waals surface area (Å²) in [7, 11) is 0. The summed E-state index contributed by atoms with van der Waals surface area (Å²) in [4.78, 5) is 40.0. The van der Waals surface area contributed by atoms with Crippen molar-refractivity contribution in [1.29, 1.82) is 0 Å². The van der Waals surface area contributed by atoms with Crippen LogP contribution < -0.4 is 16.0 Å². The maximum absolute atomic E-state index is 12.2. The number of rotatable bonds is 7. The summed E-state index contributed by atoms with van der Waals surface area (Å²) in [6, 6.07) is 13.2. The van der Waals surface area contributed by atoms with Crippen LogP contribution in [0.4, 0.5) is 21.3 Å². The van der Waals surface area contributed by atoms with Crippen LogP contribution in [-0.2, 0) is 11.2 Å². The Morgan fingerprint density at radius 3 is 2.47 bits per heavy atom. The molecular weight excluding hydrogens is 424 g/mol. The summed E-state index contributed by atoms with van der Waals surface area (Å²) in [6.45, 7) is 1.48. The molecule has 1 aromatic heterocycles. The number of Topliss-reactive ketones (excluding diaryl/α,β-unsaturated/α-hetero) is 1. The van der Waals surface area contributed by atoms with Gasteiger partial charge in [-0.2, -0.15) is 0 Å². The summed E-state index contributed by atoms with van der Waals surface area (Å²) >= 11 is 7.17. The SMILES string of the molecule is CC(=O)c1cccc(NC(=O)CCc2csc(NC(=O)Nc3cccc(Cl)c3)n2)c1. The molecule has 30 heavy (non-hydrogen) atoms. The van der Waals surface area contributed by atoms with Gasteiger partial charge in [0.2, 0.25) is 5.91 Å². The minimum Gasteiger partial charge on any atom is -0.326 e. The molecule has 3 aromatic rings. The van der Waals surface area contributed by atoms with E-state index in [9.17, 15) is 14.4 Å². The number of hydrogen-bond acceptors (Lipinski definition) is 5. The first-order valence-electron chi connectivity index (χ1n) is 9.08. The Labute approximate surface area is 182 Å². The van der Waals surface area contributed by atoms with Crippen molar-refractivity contribution in [3.05, 3.63) is 70.2 Å². The van der Waals surface area contributed by atoms with Crippen LogP contribution in [-0.4, -0.2) is 22.7 Å². The van der Waals surface area contributed by atoms with Gasteiger partial charge in [0.15, 0.2) is 10.9 Å². The van der Waals surface area contributed by atoms with E-state index in [1.165, 1.54) is 18.3 Å². The number of benzene rings is 2. The quantitative estimate of drug-likeness (QED) is 0.437. The third kappa shape index (κ3) is 6.40. The molecule has 0 fully saturated rings. The van der Waals surface area contributed by atoms with Crippen molar-refractivity contribution >= 4 is 57.2 Å². The molecule has 0 spiro atoms. The molecule has 0 saturated heterocycles. The van der Waals surface area contributed by atoms with Crippen molar-refractivity contribution in [3.8, 4) is 0 Å². The lowest BCUT2D eigenvalue weighted by atomic mass is 10.1. The molecule has 0 unspecified atom stereocenters. The second-order valence-electron chi connectivity index (χ2n) is 6.42. The van der Waals surface area contributed by atoms with Crippen molar-refractivity contribution < 1.29 is 14.4 Å². The van der Waals surface area contributed by atoms with Crippen LogP contribution in [0, 0.1) is 0 Å². The van der Waals surface area contributed by atoms with E-state index in [1.807, 2.05) is 0 Å². The molecule has 0 aliphatic rings. The van der Waals surface area contributed by atoms with Crippen molar-refractivity contribution in [3.63, 3.8) is 0 Å². The molecule has 1 heterocycles. The van der Waals surface area contributed by atoms with E-state index in [2.05, 4.69) is 20.9 Å². The van der Waals surface area contributed by atoms with Gasteiger partial charge in [-0.3, -0.25) is 14.9 Å². The number of urea groups is 1. The lowest BCUT2D eigenvalue weighted by Crippen LogP contribution is -2.19. The minimum absolute atomic E-state index is 0.0620. The maximum atomic E-state index is 12.2. The number of carbonyl (C=O) groups excluding carboxylic acids is 3. The van der Waals surface area contributed by atoms with Gasteiger partial charge in [0, 0.05) is 33.8 Å². The van der Waals surface area contributed by atoms with Crippen molar-refractivity contribution in [2.24, 2.45) is 0 Å². The van der Waals surface area contributed by atoms with Gasteiger partial charge in [-0.1, -0.05) is 29.8 Å². The first-order chi connectivity index (χ1) is 14.4. The van der Waals surface area contributed by atoms with Gasteiger partial charge in [-0.25, -0.2) is 9.78 Å². The summed E-state index contributed by atoms with van der Waals surface area (Å²) in [5, 5.41) is 10.8. The first kappa shape index (κ1) is 21.5. The number of hydrogen-bond donors (Lipinski definition) is 3. The molecule has 7 nitrogen and oxygen atoms in total. The van der Waals surface area contributed by atoms with Crippen LogP contribution in [0.2, 0.25) is 5.02 Å². The highest BCUT2D eigenvalue weighted by atomic mass is 35.5. The highest BCUT2D eigenvalue weighted by molar-refractivity contribution is 7.13. The third-order valence-corrected chi connectivity index (χ3v) is 5.06. The van der Waals surface area contributed by atoms with Crippen LogP contribution in [0.5, 0.6) is 0 Å². The number of carbonyl (C=O) groups is 3. The maximum Gasteiger partial charge on any atom is 0.325 e. The zero-order valence-electron chi connectivity index (χ0n) is 16.1. The fourth-order valence-corrected chi connectivity index (χ4v) is 3.52. The van der Waals surface area contributed by atoms with Gasteiger partial charge in [0.25, 0.3) is 0 Å². The summed E-state index contributed by atoms with van der Waals surface area (Å²) in [5.74, 6) is -0.245. The zero-order valence-corrected chi connectivity index (χ0v) is 17.6. The van der Waals surface area contributed by atoms with Gasteiger partial charge in [-0.15, -0.1) is 11.3 Å². The van der Waals surface area contributed by atoms with Crippen molar-refractivity contribution in [2.75, 3.05) is 16.0 Å². The zero-order chi connectivity index (χ0) is 21.5.